The molecule has 1 aliphatic heterocycles. The fraction of sp³-hybridized carbons (Fsp3) is 0.333. The number of ether oxygens (including phenoxy) is 2. The van der Waals surface area contributed by atoms with Gasteiger partial charge in [0, 0.05) is 30.4 Å². The van der Waals surface area contributed by atoms with Crippen LogP contribution in [0.2, 0.25) is 0 Å². The topological polar surface area (TPSA) is 51.7 Å². The lowest BCUT2D eigenvalue weighted by molar-refractivity contribution is 0.0303. The number of carbonyl (C=O) groups is 1. The third-order valence-electron chi connectivity index (χ3n) is 4.01. The molecule has 0 spiro atoms. The van der Waals surface area contributed by atoms with E-state index in [2.05, 4.69) is 4.98 Å². The van der Waals surface area contributed by atoms with Crippen LogP contribution >= 0.6 is 0 Å². The van der Waals surface area contributed by atoms with E-state index >= 15 is 0 Å². The Kier molecular flexibility index (Phi) is 4.57. The summed E-state index contributed by atoms with van der Waals surface area (Å²) in [4.78, 5) is 18.8. The van der Waals surface area contributed by atoms with Crippen molar-refractivity contribution in [2.24, 2.45) is 0 Å². The highest BCUT2D eigenvalue weighted by molar-refractivity contribution is 5.95. The number of rotatable bonds is 3. The molecule has 0 aliphatic carbocycles. The molecular formula is C18H20N2O3. The zero-order valence-corrected chi connectivity index (χ0v) is 13.4. The number of methoxy groups -OCH3 is 1. The molecule has 1 saturated heterocycles. The molecule has 1 amide bonds. The van der Waals surface area contributed by atoms with Crippen molar-refractivity contribution in [1.82, 2.24) is 9.88 Å². The summed E-state index contributed by atoms with van der Waals surface area (Å²) in [5.74, 6) is 0.843. The molecular weight excluding hydrogens is 292 g/mol. The molecule has 1 fully saturated rings. The number of pyridine rings is 1. The number of amides is 1. The van der Waals surface area contributed by atoms with Crippen LogP contribution in [0.1, 0.15) is 15.9 Å². The second-order valence-electron chi connectivity index (χ2n) is 5.52. The first kappa shape index (κ1) is 15.5. The molecule has 2 heterocycles. The van der Waals surface area contributed by atoms with Crippen molar-refractivity contribution < 1.29 is 14.3 Å². The molecule has 0 atom stereocenters. The summed E-state index contributed by atoms with van der Waals surface area (Å²) >= 11 is 0. The maximum atomic E-state index is 12.6. The van der Waals surface area contributed by atoms with Crippen LogP contribution in [0, 0.1) is 6.92 Å². The van der Waals surface area contributed by atoms with Gasteiger partial charge in [-0.25, -0.2) is 0 Å². The minimum absolute atomic E-state index is 0.0307. The third kappa shape index (κ3) is 3.35. The number of hydrogen-bond donors (Lipinski definition) is 0. The maximum Gasteiger partial charge on any atom is 0.254 e. The molecule has 1 aromatic carbocycles. The Labute approximate surface area is 135 Å². The monoisotopic (exact) mass is 312 g/mol. The number of nitrogens with zero attached hydrogens (tertiary/aromatic N) is 2. The average molecular weight is 312 g/mol. The minimum atomic E-state index is 0.0307. The second kappa shape index (κ2) is 6.79. The molecule has 23 heavy (non-hydrogen) atoms. The summed E-state index contributed by atoms with van der Waals surface area (Å²) in [6.07, 6.45) is 1.69. The first-order chi connectivity index (χ1) is 11.2. The van der Waals surface area contributed by atoms with E-state index in [1.807, 2.05) is 36.1 Å². The predicted octanol–water partition coefficient (Wildman–Crippen LogP) is 2.54. The van der Waals surface area contributed by atoms with Crippen molar-refractivity contribution in [3.63, 3.8) is 0 Å². The molecule has 5 nitrogen and oxygen atoms in total. The standard InChI is InChI=1S/C18H20N2O3/c1-13-11-15(22-2)3-4-16(13)17-12-14(5-6-19-17)18(21)20-7-9-23-10-8-20/h3-6,11-12H,7-10H2,1-2H3. The highest BCUT2D eigenvalue weighted by Gasteiger charge is 2.19. The summed E-state index contributed by atoms with van der Waals surface area (Å²) in [6, 6.07) is 9.46. The molecule has 1 aromatic heterocycles. The van der Waals surface area contributed by atoms with Gasteiger partial charge >= 0.3 is 0 Å². The number of aryl methyl sites for hydroxylation is 1. The van der Waals surface area contributed by atoms with Gasteiger partial charge in [0.15, 0.2) is 0 Å². The Hall–Kier alpha value is -2.40. The predicted molar refractivity (Wildman–Crippen MR) is 87.7 cm³/mol. The molecule has 0 saturated carbocycles. The molecule has 2 aromatic rings. The SMILES string of the molecule is COc1ccc(-c2cc(C(=O)N3CCOCC3)ccn2)c(C)c1. The molecule has 3 rings (SSSR count). The van der Waals surface area contributed by atoms with E-state index in [4.69, 9.17) is 9.47 Å². The molecule has 0 radical (unpaired) electrons. The van der Waals surface area contributed by atoms with Gasteiger partial charge in [0.05, 0.1) is 26.0 Å². The van der Waals surface area contributed by atoms with Gasteiger partial charge in [-0.2, -0.15) is 0 Å². The Bertz CT molecular complexity index is 709. The largest absolute Gasteiger partial charge is 0.497 e. The lowest BCUT2D eigenvalue weighted by atomic mass is 10.0. The summed E-state index contributed by atoms with van der Waals surface area (Å²) in [5, 5.41) is 0. The van der Waals surface area contributed by atoms with Crippen molar-refractivity contribution in [1.29, 1.82) is 0 Å². The first-order valence-corrected chi connectivity index (χ1v) is 7.67. The van der Waals surface area contributed by atoms with Crippen LogP contribution in [0.5, 0.6) is 5.75 Å². The highest BCUT2D eigenvalue weighted by atomic mass is 16.5. The van der Waals surface area contributed by atoms with E-state index in [1.165, 1.54) is 0 Å². The van der Waals surface area contributed by atoms with Crippen molar-refractivity contribution in [2.45, 2.75) is 6.92 Å². The summed E-state index contributed by atoms with van der Waals surface area (Å²) in [6.45, 7) is 4.48. The van der Waals surface area contributed by atoms with Crippen LogP contribution in [0.4, 0.5) is 0 Å². The van der Waals surface area contributed by atoms with Gasteiger partial charge in [0.25, 0.3) is 5.91 Å². The Morgan fingerprint density at radius 3 is 2.70 bits per heavy atom. The van der Waals surface area contributed by atoms with E-state index in [-0.39, 0.29) is 5.91 Å². The number of morpholine rings is 1. The van der Waals surface area contributed by atoms with Crippen LogP contribution in [0.25, 0.3) is 11.3 Å². The molecule has 120 valence electrons. The minimum Gasteiger partial charge on any atom is -0.497 e. The zero-order valence-electron chi connectivity index (χ0n) is 13.4. The summed E-state index contributed by atoms with van der Waals surface area (Å²) in [7, 11) is 1.65. The Morgan fingerprint density at radius 1 is 1.22 bits per heavy atom. The van der Waals surface area contributed by atoms with E-state index in [9.17, 15) is 4.79 Å². The average Bonchev–Trinajstić information content (AvgIpc) is 2.61. The van der Waals surface area contributed by atoms with Crippen LogP contribution in [0.3, 0.4) is 0 Å². The van der Waals surface area contributed by atoms with E-state index < -0.39 is 0 Å². The van der Waals surface area contributed by atoms with Crippen LogP contribution < -0.4 is 4.74 Å². The van der Waals surface area contributed by atoms with E-state index in [0.29, 0.717) is 31.9 Å². The van der Waals surface area contributed by atoms with Gasteiger partial charge < -0.3 is 14.4 Å². The maximum absolute atomic E-state index is 12.6. The molecule has 5 heteroatoms. The number of benzene rings is 1. The zero-order chi connectivity index (χ0) is 16.2. The third-order valence-corrected chi connectivity index (χ3v) is 4.01. The van der Waals surface area contributed by atoms with Gasteiger partial charge in [-0.1, -0.05) is 0 Å². The molecule has 0 unspecified atom stereocenters. The molecule has 1 aliphatic rings. The highest BCUT2D eigenvalue weighted by Crippen LogP contribution is 2.26. The van der Waals surface area contributed by atoms with Crippen LogP contribution in [-0.2, 0) is 4.74 Å². The van der Waals surface area contributed by atoms with Crippen LogP contribution in [-0.4, -0.2) is 49.2 Å². The summed E-state index contributed by atoms with van der Waals surface area (Å²) < 4.78 is 10.5. The fourth-order valence-electron chi connectivity index (χ4n) is 2.71. The smallest absolute Gasteiger partial charge is 0.254 e. The number of hydrogen-bond acceptors (Lipinski definition) is 4. The quantitative estimate of drug-likeness (QED) is 0.874. The lowest BCUT2D eigenvalue weighted by Crippen LogP contribution is -2.40. The number of carbonyl (C=O) groups excluding carboxylic acids is 1. The van der Waals surface area contributed by atoms with Gasteiger partial charge in [-0.15, -0.1) is 0 Å². The number of aromatic nitrogens is 1. The lowest BCUT2D eigenvalue weighted by Gasteiger charge is -2.27. The summed E-state index contributed by atoms with van der Waals surface area (Å²) in [5.41, 5.74) is 3.52. The first-order valence-electron chi connectivity index (χ1n) is 7.67. The van der Waals surface area contributed by atoms with Crippen molar-refractivity contribution in [3.05, 3.63) is 47.7 Å². The van der Waals surface area contributed by atoms with E-state index in [0.717, 1.165) is 22.6 Å². The van der Waals surface area contributed by atoms with Crippen molar-refractivity contribution in [3.8, 4) is 17.0 Å². The molecule has 0 N–H and O–H groups in total. The van der Waals surface area contributed by atoms with Crippen molar-refractivity contribution >= 4 is 5.91 Å². The Balaban J connectivity index is 1.89. The van der Waals surface area contributed by atoms with Gasteiger partial charge in [-0.3, -0.25) is 9.78 Å². The fourth-order valence-corrected chi connectivity index (χ4v) is 2.71. The van der Waals surface area contributed by atoms with Gasteiger partial charge in [0.1, 0.15) is 5.75 Å². The van der Waals surface area contributed by atoms with Crippen molar-refractivity contribution in [2.75, 3.05) is 33.4 Å². The van der Waals surface area contributed by atoms with Gasteiger partial charge in [0.2, 0.25) is 0 Å². The van der Waals surface area contributed by atoms with E-state index in [1.54, 1.807) is 19.4 Å². The second-order valence-corrected chi connectivity index (χ2v) is 5.52. The Morgan fingerprint density at radius 2 is 2.00 bits per heavy atom. The molecule has 0 bridgehead atoms. The normalized spacial score (nSPS) is 14.6. The van der Waals surface area contributed by atoms with Gasteiger partial charge in [-0.05, 0) is 42.8 Å². The van der Waals surface area contributed by atoms with Crippen LogP contribution in [0.15, 0.2) is 36.5 Å².